The Bertz CT molecular complexity index is 539. The summed E-state index contributed by atoms with van der Waals surface area (Å²) in [6, 6.07) is 12.6. The van der Waals surface area contributed by atoms with Gasteiger partial charge in [-0.3, -0.25) is 0 Å². The number of pyridine rings is 1. The number of piperazine rings is 1. The van der Waals surface area contributed by atoms with E-state index in [4.69, 9.17) is 4.98 Å². The Balaban J connectivity index is 0.000001000. The molecule has 1 fully saturated rings. The van der Waals surface area contributed by atoms with Crippen molar-refractivity contribution >= 4 is 41.5 Å². The standard InChI is InChI=1S/C15H19N3.2ClH/c1-2-17-9-11-18(12-10-17)15-8-7-13-5-3-4-6-14(13)16-15;;/h3-8H,2,9-12H2,1H3;2*1H. The van der Waals surface area contributed by atoms with Gasteiger partial charge in [0.05, 0.1) is 5.52 Å². The molecule has 0 spiro atoms. The van der Waals surface area contributed by atoms with Crippen molar-refractivity contribution in [3.8, 4) is 0 Å². The van der Waals surface area contributed by atoms with Crippen LogP contribution in [0.5, 0.6) is 0 Å². The van der Waals surface area contributed by atoms with Crippen LogP contribution in [0.4, 0.5) is 5.82 Å². The summed E-state index contributed by atoms with van der Waals surface area (Å²) >= 11 is 0. The highest BCUT2D eigenvalue weighted by molar-refractivity contribution is 5.85. The third-order valence-corrected chi connectivity index (χ3v) is 3.73. The minimum absolute atomic E-state index is 0. The monoisotopic (exact) mass is 313 g/mol. The lowest BCUT2D eigenvalue weighted by molar-refractivity contribution is 0.270. The second-order valence-electron chi connectivity index (χ2n) is 4.78. The van der Waals surface area contributed by atoms with Gasteiger partial charge in [-0.1, -0.05) is 25.1 Å². The molecule has 1 saturated heterocycles. The maximum absolute atomic E-state index is 4.76. The maximum atomic E-state index is 4.76. The molecular formula is C15H21Cl2N3. The first-order chi connectivity index (χ1) is 8.86. The molecule has 2 heterocycles. The van der Waals surface area contributed by atoms with Gasteiger partial charge in [0, 0.05) is 31.6 Å². The molecule has 0 amide bonds. The van der Waals surface area contributed by atoms with Gasteiger partial charge in [-0.2, -0.15) is 0 Å². The summed E-state index contributed by atoms with van der Waals surface area (Å²) in [7, 11) is 0. The van der Waals surface area contributed by atoms with Crippen LogP contribution in [0.3, 0.4) is 0 Å². The average molecular weight is 314 g/mol. The first-order valence-electron chi connectivity index (χ1n) is 6.70. The Kier molecular flexibility index (Phi) is 6.53. The molecule has 0 atom stereocenters. The van der Waals surface area contributed by atoms with Gasteiger partial charge in [0.25, 0.3) is 0 Å². The quantitative estimate of drug-likeness (QED) is 0.848. The van der Waals surface area contributed by atoms with E-state index in [1.165, 1.54) is 5.39 Å². The van der Waals surface area contributed by atoms with Crippen molar-refractivity contribution in [1.82, 2.24) is 9.88 Å². The number of nitrogens with zero attached hydrogens (tertiary/aromatic N) is 3. The minimum Gasteiger partial charge on any atom is -0.354 e. The lowest BCUT2D eigenvalue weighted by atomic mass is 10.2. The Labute approximate surface area is 132 Å². The van der Waals surface area contributed by atoms with E-state index in [1.807, 2.05) is 6.07 Å². The molecule has 110 valence electrons. The smallest absolute Gasteiger partial charge is 0.129 e. The lowest BCUT2D eigenvalue weighted by Gasteiger charge is -2.34. The number of anilines is 1. The molecule has 0 radical (unpaired) electrons. The number of aromatic nitrogens is 1. The van der Waals surface area contributed by atoms with Crippen molar-refractivity contribution in [1.29, 1.82) is 0 Å². The second kappa shape index (κ2) is 7.67. The number of likely N-dealkylation sites (N-methyl/N-ethyl adjacent to an activating group) is 1. The predicted octanol–water partition coefficient (Wildman–Crippen LogP) is 3.22. The summed E-state index contributed by atoms with van der Waals surface area (Å²) in [6.45, 7) is 7.83. The molecule has 0 unspecified atom stereocenters. The zero-order chi connectivity index (χ0) is 12.4. The normalized spacial score (nSPS) is 15.6. The van der Waals surface area contributed by atoms with Crippen molar-refractivity contribution < 1.29 is 0 Å². The number of halogens is 2. The van der Waals surface area contributed by atoms with Crippen LogP contribution in [-0.2, 0) is 0 Å². The summed E-state index contributed by atoms with van der Waals surface area (Å²) in [5.74, 6) is 1.12. The molecule has 0 bridgehead atoms. The highest BCUT2D eigenvalue weighted by Gasteiger charge is 2.16. The molecule has 0 N–H and O–H groups in total. The zero-order valence-electron chi connectivity index (χ0n) is 11.7. The number of hydrogen-bond donors (Lipinski definition) is 0. The molecule has 0 aliphatic carbocycles. The summed E-state index contributed by atoms with van der Waals surface area (Å²) in [5.41, 5.74) is 1.09. The molecule has 1 aliphatic rings. The highest BCUT2D eigenvalue weighted by atomic mass is 35.5. The van der Waals surface area contributed by atoms with Crippen molar-refractivity contribution in [2.75, 3.05) is 37.6 Å². The first kappa shape index (κ1) is 17.0. The van der Waals surface area contributed by atoms with E-state index in [1.54, 1.807) is 0 Å². The molecule has 5 heteroatoms. The fourth-order valence-electron chi connectivity index (χ4n) is 2.52. The van der Waals surface area contributed by atoms with Crippen LogP contribution in [0.2, 0.25) is 0 Å². The molecule has 1 aromatic carbocycles. The molecule has 1 aliphatic heterocycles. The molecule has 2 aromatic rings. The fourth-order valence-corrected chi connectivity index (χ4v) is 2.52. The number of para-hydroxylation sites is 1. The fraction of sp³-hybridized carbons (Fsp3) is 0.400. The predicted molar refractivity (Wildman–Crippen MR) is 90.6 cm³/mol. The van der Waals surface area contributed by atoms with Gasteiger partial charge in [-0.25, -0.2) is 4.98 Å². The summed E-state index contributed by atoms with van der Waals surface area (Å²) in [4.78, 5) is 9.63. The minimum atomic E-state index is 0. The van der Waals surface area contributed by atoms with Crippen LogP contribution in [0.25, 0.3) is 10.9 Å². The van der Waals surface area contributed by atoms with Crippen molar-refractivity contribution in [3.63, 3.8) is 0 Å². The summed E-state index contributed by atoms with van der Waals surface area (Å²) in [5, 5.41) is 1.22. The van der Waals surface area contributed by atoms with Gasteiger partial charge in [0.2, 0.25) is 0 Å². The van der Waals surface area contributed by atoms with E-state index in [0.29, 0.717) is 0 Å². The van der Waals surface area contributed by atoms with Gasteiger partial charge in [0.1, 0.15) is 5.82 Å². The van der Waals surface area contributed by atoms with Crippen LogP contribution in [0, 0.1) is 0 Å². The van der Waals surface area contributed by atoms with Gasteiger partial charge in [-0.15, -0.1) is 24.8 Å². The molecular weight excluding hydrogens is 293 g/mol. The van der Waals surface area contributed by atoms with Gasteiger partial charge >= 0.3 is 0 Å². The van der Waals surface area contributed by atoms with Crippen LogP contribution in [-0.4, -0.2) is 42.6 Å². The van der Waals surface area contributed by atoms with E-state index in [-0.39, 0.29) is 24.8 Å². The van der Waals surface area contributed by atoms with Crippen LogP contribution in [0.15, 0.2) is 36.4 Å². The summed E-state index contributed by atoms with van der Waals surface area (Å²) in [6.07, 6.45) is 0. The number of fused-ring (bicyclic) bond motifs is 1. The van der Waals surface area contributed by atoms with Gasteiger partial charge < -0.3 is 9.80 Å². The molecule has 1 aromatic heterocycles. The Morgan fingerprint density at radius 3 is 2.35 bits per heavy atom. The van der Waals surface area contributed by atoms with Crippen LogP contribution in [0.1, 0.15) is 6.92 Å². The third kappa shape index (κ3) is 3.54. The number of benzene rings is 1. The molecule has 20 heavy (non-hydrogen) atoms. The average Bonchev–Trinajstić information content (AvgIpc) is 2.47. The summed E-state index contributed by atoms with van der Waals surface area (Å²) < 4.78 is 0. The maximum Gasteiger partial charge on any atom is 0.129 e. The molecule has 3 nitrogen and oxygen atoms in total. The van der Waals surface area contributed by atoms with Gasteiger partial charge in [0.15, 0.2) is 0 Å². The van der Waals surface area contributed by atoms with Crippen LogP contribution >= 0.6 is 24.8 Å². The van der Waals surface area contributed by atoms with Crippen molar-refractivity contribution in [2.24, 2.45) is 0 Å². The highest BCUT2D eigenvalue weighted by Crippen LogP contribution is 2.18. The van der Waals surface area contributed by atoms with E-state index < -0.39 is 0 Å². The van der Waals surface area contributed by atoms with E-state index in [0.717, 1.165) is 44.1 Å². The first-order valence-corrected chi connectivity index (χ1v) is 6.70. The topological polar surface area (TPSA) is 19.4 Å². The van der Waals surface area contributed by atoms with E-state index >= 15 is 0 Å². The molecule has 0 saturated carbocycles. The number of hydrogen-bond acceptors (Lipinski definition) is 3. The Morgan fingerprint density at radius 2 is 1.65 bits per heavy atom. The van der Waals surface area contributed by atoms with E-state index in [2.05, 4.69) is 47.1 Å². The van der Waals surface area contributed by atoms with Crippen molar-refractivity contribution in [3.05, 3.63) is 36.4 Å². The zero-order valence-corrected chi connectivity index (χ0v) is 13.3. The Morgan fingerprint density at radius 1 is 0.950 bits per heavy atom. The number of rotatable bonds is 2. The molecule has 3 rings (SSSR count). The lowest BCUT2D eigenvalue weighted by Crippen LogP contribution is -2.46. The SMILES string of the molecule is CCN1CCN(c2ccc3ccccc3n2)CC1.Cl.Cl. The Hall–Kier alpha value is -1.03. The van der Waals surface area contributed by atoms with Crippen LogP contribution < -0.4 is 4.90 Å². The van der Waals surface area contributed by atoms with Crippen molar-refractivity contribution in [2.45, 2.75) is 6.92 Å². The van der Waals surface area contributed by atoms with E-state index in [9.17, 15) is 0 Å². The van der Waals surface area contributed by atoms with Gasteiger partial charge in [-0.05, 0) is 24.7 Å². The third-order valence-electron chi connectivity index (χ3n) is 3.73. The largest absolute Gasteiger partial charge is 0.354 e. The second-order valence-corrected chi connectivity index (χ2v) is 4.78.